The summed E-state index contributed by atoms with van der Waals surface area (Å²) in [5.74, 6) is -0.168. The third-order valence-electron chi connectivity index (χ3n) is 2.64. The first-order chi connectivity index (χ1) is 8.27. The molecule has 0 radical (unpaired) electrons. The molecule has 0 aromatic heterocycles. The zero-order valence-corrected chi connectivity index (χ0v) is 11.2. The molecule has 0 aromatic rings. The predicted octanol–water partition coefficient (Wildman–Crippen LogP) is 1.60. The molecule has 0 unspecified atom stereocenters. The van der Waals surface area contributed by atoms with E-state index in [0.29, 0.717) is 4.31 Å². The second-order valence-electron chi connectivity index (χ2n) is 3.99. The van der Waals surface area contributed by atoms with Crippen LogP contribution in [0.5, 0.6) is 0 Å². The standard InChI is InChI=1S/C9H15ClF3NO3S/c10-3-4-14(7-9(11,12)13)18(15,16)8-1-5-17-6-2-8/h8H,1-7H2. The summed E-state index contributed by atoms with van der Waals surface area (Å²) in [6, 6.07) is 0. The van der Waals surface area contributed by atoms with E-state index in [-0.39, 0.29) is 38.5 Å². The SMILES string of the molecule is O=S(=O)(C1CCOCC1)N(CCCl)CC(F)(F)F. The van der Waals surface area contributed by atoms with Crippen molar-refractivity contribution >= 4 is 21.6 Å². The van der Waals surface area contributed by atoms with Crippen LogP contribution in [0, 0.1) is 0 Å². The van der Waals surface area contributed by atoms with Gasteiger partial charge in [0.1, 0.15) is 6.54 Å². The van der Waals surface area contributed by atoms with Gasteiger partial charge < -0.3 is 4.74 Å². The molecule has 0 saturated carbocycles. The van der Waals surface area contributed by atoms with E-state index < -0.39 is 28.0 Å². The molecule has 9 heteroatoms. The lowest BCUT2D eigenvalue weighted by Crippen LogP contribution is -2.46. The minimum atomic E-state index is -4.57. The third-order valence-corrected chi connectivity index (χ3v) is 5.15. The number of halogens is 4. The second-order valence-corrected chi connectivity index (χ2v) is 6.59. The Bertz CT molecular complexity index is 355. The average Bonchev–Trinajstić information content (AvgIpc) is 2.28. The Morgan fingerprint density at radius 3 is 2.28 bits per heavy atom. The Hall–Kier alpha value is -0.0500. The lowest BCUT2D eigenvalue weighted by molar-refractivity contribution is -0.135. The van der Waals surface area contributed by atoms with Crippen molar-refractivity contribution in [1.82, 2.24) is 4.31 Å². The van der Waals surface area contributed by atoms with Crippen LogP contribution in [0.1, 0.15) is 12.8 Å². The molecule has 0 spiro atoms. The van der Waals surface area contributed by atoms with Gasteiger partial charge in [0.2, 0.25) is 10.0 Å². The van der Waals surface area contributed by atoms with Crippen molar-refractivity contribution in [3.05, 3.63) is 0 Å². The van der Waals surface area contributed by atoms with Gasteiger partial charge in [0.15, 0.2) is 0 Å². The summed E-state index contributed by atoms with van der Waals surface area (Å²) in [7, 11) is -3.97. The number of rotatable bonds is 5. The van der Waals surface area contributed by atoms with E-state index in [0.717, 1.165) is 0 Å². The Labute approximate surface area is 109 Å². The molecular weight excluding hydrogens is 295 g/mol. The highest BCUT2D eigenvalue weighted by molar-refractivity contribution is 7.89. The molecule has 18 heavy (non-hydrogen) atoms. The van der Waals surface area contributed by atoms with Crippen molar-refractivity contribution in [2.24, 2.45) is 0 Å². The Morgan fingerprint density at radius 2 is 1.83 bits per heavy atom. The summed E-state index contributed by atoms with van der Waals surface area (Å²) >= 11 is 5.37. The average molecular weight is 310 g/mol. The number of hydrogen-bond donors (Lipinski definition) is 0. The molecule has 1 heterocycles. The van der Waals surface area contributed by atoms with Crippen LogP contribution in [0.15, 0.2) is 0 Å². The largest absolute Gasteiger partial charge is 0.402 e. The van der Waals surface area contributed by atoms with Crippen molar-refractivity contribution < 1.29 is 26.3 Å². The summed E-state index contributed by atoms with van der Waals surface area (Å²) in [4.78, 5) is 0. The third kappa shape index (κ3) is 4.56. The minimum Gasteiger partial charge on any atom is -0.381 e. The number of alkyl halides is 4. The molecular formula is C9H15ClF3NO3S. The van der Waals surface area contributed by atoms with Gasteiger partial charge in [0.25, 0.3) is 0 Å². The summed E-state index contributed by atoms with van der Waals surface area (Å²) < 4.78 is 66.6. The number of hydrogen-bond acceptors (Lipinski definition) is 3. The zero-order chi connectivity index (χ0) is 13.8. The van der Waals surface area contributed by atoms with Crippen LogP contribution < -0.4 is 0 Å². The first-order valence-corrected chi connectivity index (χ1v) is 7.50. The molecule has 1 aliphatic rings. The molecule has 0 amide bonds. The van der Waals surface area contributed by atoms with Crippen molar-refractivity contribution in [2.45, 2.75) is 24.3 Å². The highest BCUT2D eigenvalue weighted by atomic mass is 35.5. The molecule has 0 atom stereocenters. The molecule has 0 aliphatic carbocycles. The molecule has 4 nitrogen and oxygen atoms in total. The summed E-state index contributed by atoms with van der Waals surface area (Å²) in [5, 5.41) is -0.809. The normalized spacial score (nSPS) is 19.4. The van der Waals surface area contributed by atoms with Crippen molar-refractivity contribution in [1.29, 1.82) is 0 Å². The maximum Gasteiger partial charge on any atom is 0.402 e. The van der Waals surface area contributed by atoms with Gasteiger partial charge in [-0.15, -0.1) is 11.6 Å². The zero-order valence-electron chi connectivity index (χ0n) is 9.62. The summed E-state index contributed by atoms with van der Waals surface area (Å²) in [6.45, 7) is -1.31. The Balaban J connectivity index is 2.81. The van der Waals surface area contributed by atoms with Crippen LogP contribution in [-0.4, -0.2) is 56.3 Å². The molecule has 1 rings (SSSR count). The smallest absolute Gasteiger partial charge is 0.381 e. The van der Waals surface area contributed by atoms with Crippen LogP contribution in [-0.2, 0) is 14.8 Å². The van der Waals surface area contributed by atoms with E-state index in [1.165, 1.54) is 0 Å². The maximum absolute atomic E-state index is 12.4. The summed E-state index contributed by atoms with van der Waals surface area (Å²) in [6.07, 6.45) is -4.12. The van der Waals surface area contributed by atoms with Gasteiger partial charge in [-0.1, -0.05) is 0 Å². The Morgan fingerprint density at radius 1 is 1.28 bits per heavy atom. The van der Waals surface area contributed by atoms with Gasteiger partial charge in [-0.25, -0.2) is 8.42 Å². The fourth-order valence-electron chi connectivity index (χ4n) is 1.78. The van der Waals surface area contributed by atoms with Gasteiger partial charge in [0, 0.05) is 25.6 Å². The van der Waals surface area contributed by atoms with Crippen LogP contribution >= 0.6 is 11.6 Å². The van der Waals surface area contributed by atoms with Gasteiger partial charge in [0.05, 0.1) is 5.25 Å². The van der Waals surface area contributed by atoms with Gasteiger partial charge >= 0.3 is 6.18 Å². The number of nitrogens with zero attached hydrogens (tertiary/aromatic N) is 1. The van der Waals surface area contributed by atoms with E-state index in [1.54, 1.807) is 0 Å². The highest BCUT2D eigenvalue weighted by Gasteiger charge is 2.39. The van der Waals surface area contributed by atoms with Crippen molar-refractivity contribution in [2.75, 3.05) is 32.2 Å². The minimum absolute atomic E-state index is 0.168. The van der Waals surface area contributed by atoms with Crippen LogP contribution in [0.4, 0.5) is 13.2 Å². The van der Waals surface area contributed by atoms with Gasteiger partial charge in [-0.3, -0.25) is 0 Å². The molecule has 1 saturated heterocycles. The molecule has 108 valence electrons. The molecule has 0 N–H and O–H groups in total. The summed E-state index contributed by atoms with van der Waals surface area (Å²) in [5.41, 5.74) is 0. The van der Waals surface area contributed by atoms with Crippen molar-refractivity contribution in [3.63, 3.8) is 0 Å². The van der Waals surface area contributed by atoms with Crippen LogP contribution in [0.25, 0.3) is 0 Å². The lowest BCUT2D eigenvalue weighted by Gasteiger charge is -2.29. The quantitative estimate of drug-likeness (QED) is 0.725. The predicted molar refractivity (Wildman–Crippen MR) is 61.1 cm³/mol. The topological polar surface area (TPSA) is 46.6 Å². The van der Waals surface area contributed by atoms with E-state index in [1.807, 2.05) is 0 Å². The second kappa shape index (κ2) is 6.40. The van der Waals surface area contributed by atoms with Gasteiger partial charge in [-0.05, 0) is 12.8 Å². The van der Waals surface area contributed by atoms with Gasteiger partial charge in [-0.2, -0.15) is 17.5 Å². The van der Waals surface area contributed by atoms with Crippen molar-refractivity contribution in [3.8, 4) is 0 Å². The number of sulfonamides is 1. The van der Waals surface area contributed by atoms with E-state index in [4.69, 9.17) is 16.3 Å². The molecule has 1 fully saturated rings. The molecule has 1 aliphatic heterocycles. The molecule has 0 aromatic carbocycles. The lowest BCUT2D eigenvalue weighted by atomic mass is 10.2. The van der Waals surface area contributed by atoms with E-state index in [2.05, 4.69) is 0 Å². The Kier molecular flexibility index (Phi) is 5.69. The highest BCUT2D eigenvalue weighted by Crippen LogP contribution is 2.24. The van der Waals surface area contributed by atoms with E-state index >= 15 is 0 Å². The molecule has 0 bridgehead atoms. The first kappa shape index (κ1) is 16.0. The number of ether oxygens (including phenoxy) is 1. The fourth-order valence-corrected chi connectivity index (χ4v) is 3.96. The maximum atomic E-state index is 12.4. The van der Waals surface area contributed by atoms with Crippen LogP contribution in [0.3, 0.4) is 0 Å². The van der Waals surface area contributed by atoms with Crippen LogP contribution in [0.2, 0.25) is 0 Å². The first-order valence-electron chi connectivity index (χ1n) is 5.47. The monoisotopic (exact) mass is 309 g/mol. The fraction of sp³-hybridized carbons (Fsp3) is 1.00. The van der Waals surface area contributed by atoms with E-state index in [9.17, 15) is 21.6 Å².